The maximum absolute atomic E-state index is 11.0. The molecule has 3 nitrogen and oxygen atoms in total. The van der Waals surface area contributed by atoms with Gasteiger partial charge in [-0.15, -0.1) is 0 Å². The quantitative estimate of drug-likeness (QED) is 0.795. The molecule has 0 aliphatic heterocycles. The van der Waals surface area contributed by atoms with Crippen molar-refractivity contribution in [3.05, 3.63) is 34.9 Å². The van der Waals surface area contributed by atoms with E-state index in [-0.39, 0.29) is 6.54 Å². The highest BCUT2D eigenvalue weighted by molar-refractivity contribution is 5.70. The molecule has 1 aromatic carbocycles. The fourth-order valence-electron chi connectivity index (χ4n) is 2.39. The molecule has 1 aromatic rings. The van der Waals surface area contributed by atoms with Crippen molar-refractivity contribution in [1.29, 1.82) is 0 Å². The zero-order valence-corrected chi connectivity index (χ0v) is 12.1. The molecule has 106 valence electrons. The van der Waals surface area contributed by atoms with Crippen LogP contribution in [0.5, 0.6) is 0 Å². The highest BCUT2D eigenvalue weighted by Gasteiger charge is 2.18. The van der Waals surface area contributed by atoms with Gasteiger partial charge in [0, 0.05) is 6.54 Å². The summed E-state index contributed by atoms with van der Waals surface area (Å²) in [5.41, 5.74) is 9.53. The number of carboxylic acids is 1. The second kappa shape index (κ2) is 7.29. The number of hydrogen-bond donors (Lipinski definition) is 2. The van der Waals surface area contributed by atoms with E-state index in [1.165, 1.54) is 16.7 Å². The molecule has 0 spiro atoms. The Hall–Kier alpha value is -1.35. The molecule has 0 saturated carbocycles. The van der Waals surface area contributed by atoms with Gasteiger partial charge in [-0.25, -0.2) is 0 Å². The number of aliphatic carboxylic acids is 1. The van der Waals surface area contributed by atoms with Gasteiger partial charge in [0.1, 0.15) is 0 Å². The minimum absolute atomic E-state index is 0.225. The predicted molar refractivity (Wildman–Crippen MR) is 78.2 cm³/mol. The van der Waals surface area contributed by atoms with E-state index in [4.69, 9.17) is 10.8 Å². The summed E-state index contributed by atoms with van der Waals surface area (Å²) in [4.78, 5) is 11.0. The lowest BCUT2D eigenvalue weighted by Crippen LogP contribution is -2.25. The number of aryl methyl sites for hydroxylation is 2. The molecule has 0 saturated heterocycles. The van der Waals surface area contributed by atoms with Crippen LogP contribution in [0.2, 0.25) is 0 Å². The van der Waals surface area contributed by atoms with Crippen LogP contribution in [0.25, 0.3) is 0 Å². The van der Waals surface area contributed by atoms with Gasteiger partial charge in [0.2, 0.25) is 0 Å². The predicted octanol–water partition coefficient (Wildman–Crippen LogP) is 2.92. The Bertz CT molecular complexity index is 429. The largest absolute Gasteiger partial charge is 0.481 e. The van der Waals surface area contributed by atoms with Crippen molar-refractivity contribution in [1.82, 2.24) is 0 Å². The van der Waals surface area contributed by atoms with Gasteiger partial charge in [0.25, 0.3) is 0 Å². The number of nitrogens with two attached hydrogens (primary N) is 1. The van der Waals surface area contributed by atoms with E-state index >= 15 is 0 Å². The first-order chi connectivity index (χ1) is 8.95. The van der Waals surface area contributed by atoms with Crippen LogP contribution in [0.4, 0.5) is 0 Å². The molecule has 0 amide bonds. The Labute approximate surface area is 115 Å². The molecular formula is C16H25NO2. The van der Waals surface area contributed by atoms with Crippen molar-refractivity contribution in [2.75, 3.05) is 6.54 Å². The molecule has 0 aliphatic rings. The molecule has 0 aliphatic carbocycles. The summed E-state index contributed by atoms with van der Waals surface area (Å²) < 4.78 is 0. The topological polar surface area (TPSA) is 63.3 Å². The van der Waals surface area contributed by atoms with Gasteiger partial charge >= 0.3 is 5.97 Å². The second-order valence-electron chi connectivity index (χ2n) is 5.51. The van der Waals surface area contributed by atoms with Crippen LogP contribution < -0.4 is 5.73 Å². The van der Waals surface area contributed by atoms with Gasteiger partial charge in [-0.05, 0) is 55.7 Å². The van der Waals surface area contributed by atoms with Crippen LogP contribution >= 0.6 is 0 Å². The molecule has 2 atom stereocenters. The molecule has 0 bridgehead atoms. The number of rotatable bonds is 7. The van der Waals surface area contributed by atoms with Gasteiger partial charge < -0.3 is 10.8 Å². The SMILES string of the molecule is Cc1cccc(CCC(C)CC(CN)C(=O)O)c1C. The molecule has 2 unspecified atom stereocenters. The Morgan fingerprint density at radius 2 is 2.05 bits per heavy atom. The Kier molecular flexibility index (Phi) is 6.03. The standard InChI is InChI=1S/C16H25NO2/c1-11(9-15(10-17)16(18)19)7-8-14-6-4-5-12(2)13(14)3/h4-6,11,15H,7-10,17H2,1-3H3,(H,18,19). The maximum Gasteiger partial charge on any atom is 0.307 e. The smallest absolute Gasteiger partial charge is 0.307 e. The third-order valence-corrected chi connectivity index (χ3v) is 3.94. The Morgan fingerprint density at radius 3 is 2.63 bits per heavy atom. The van der Waals surface area contributed by atoms with Crippen molar-refractivity contribution in [2.24, 2.45) is 17.6 Å². The van der Waals surface area contributed by atoms with Crippen LogP contribution in [-0.4, -0.2) is 17.6 Å². The monoisotopic (exact) mass is 263 g/mol. The maximum atomic E-state index is 11.0. The van der Waals surface area contributed by atoms with Crippen molar-refractivity contribution in [2.45, 2.75) is 40.0 Å². The number of carboxylic acid groups (broad SMARTS) is 1. The average molecular weight is 263 g/mol. The summed E-state index contributed by atoms with van der Waals surface area (Å²) in [5.74, 6) is -0.806. The molecule has 0 aromatic heterocycles. The highest BCUT2D eigenvalue weighted by Crippen LogP contribution is 2.20. The molecule has 1 rings (SSSR count). The Morgan fingerprint density at radius 1 is 1.37 bits per heavy atom. The van der Waals surface area contributed by atoms with Gasteiger partial charge in [0.15, 0.2) is 0 Å². The van der Waals surface area contributed by atoms with Gasteiger partial charge in [-0.3, -0.25) is 4.79 Å². The third-order valence-electron chi connectivity index (χ3n) is 3.94. The summed E-state index contributed by atoms with van der Waals surface area (Å²) in [6, 6.07) is 6.37. The first-order valence-electron chi connectivity index (χ1n) is 6.93. The summed E-state index contributed by atoms with van der Waals surface area (Å²) >= 11 is 0. The molecule has 3 N–H and O–H groups in total. The first-order valence-corrected chi connectivity index (χ1v) is 6.93. The van der Waals surface area contributed by atoms with Gasteiger partial charge in [-0.1, -0.05) is 25.1 Å². The van der Waals surface area contributed by atoms with E-state index in [1.807, 2.05) is 0 Å². The lowest BCUT2D eigenvalue weighted by atomic mass is 9.89. The van der Waals surface area contributed by atoms with E-state index in [0.29, 0.717) is 12.3 Å². The van der Waals surface area contributed by atoms with E-state index in [2.05, 4.69) is 39.0 Å². The normalized spacial score (nSPS) is 14.1. The third kappa shape index (κ3) is 4.67. The number of hydrogen-bond acceptors (Lipinski definition) is 2. The van der Waals surface area contributed by atoms with E-state index in [9.17, 15) is 4.79 Å². The lowest BCUT2D eigenvalue weighted by molar-refractivity contribution is -0.141. The lowest BCUT2D eigenvalue weighted by Gasteiger charge is -2.17. The van der Waals surface area contributed by atoms with Crippen LogP contribution in [-0.2, 0) is 11.2 Å². The van der Waals surface area contributed by atoms with E-state index in [1.54, 1.807) is 0 Å². The van der Waals surface area contributed by atoms with Crippen LogP contribution in [0.1, 0.15) is 36.5 Å². The summed E-state index contributed by atoms with van der Waals surface area (Å²) in [5, 5.41) is 9.01. The van der Waals surface area contributed by atoms with Crippen molar-refractivity contribution < 1.29 is 9.90 Å². The molecule has 19 heavy (non-hydrogen) atoms. The van der Waals surface area contributed by atoms with Crippen molar-refractivity contribution in [3.63, 3.8) is 0 Å². The molecule has 0 fully saturated rings. The highest BCUT2D eigenvalue weighted by atomic mass is 16.4. The number of carbonyl (C=O) groups is 1. The average Bonchev–Trinajstić information content (AvgIpc) is 2.37. The van der Waals surface area contributed by atoms with E-state index < -0.39 is 11.9 Å². The fraction of sp³-hybridized carbons (Fsp3) is 0.562. The van der Waals surface area contributed by atoms with Crippen molar-refractivity contribution >= 4 is 5.97 Å². The fourth-order valence-corrected chi connectivity index (χ4v) is 2.39. The molecule has 0 radical (unpaired) electrons. The zero-order valence-electron chi connectivity index (χ0n) is 12.1. The summed E-state index contributed by atoms with van der Waals surface area (Å²) in [6.45, 7) is 6.60. The molecular weight excluding hydrogens is 238 g/mol. The minimum atomic E-state index is -0.777. The van der Waals surface area contributed by atoms with Crippen LogP contribution in [0.3, 0.4) is 0 Å². The molecule has 0 heterocycles. The number of benzene rings is 1. The first kappa shape index (κ1) is 15.7. The van der Waals surface area contributed by atoms with Gasteiger partial charge in [-0.2, -0.15) is 0 Å². The van der Waals surface area contributed by atoms with E-state index in [0.717, 1.165) is 12.8 Å². The van der Waals surface area contributed by atoms with Crippen LogP contribution in [0, 0.1) is 25.7 Å². The summed E-state index contributed by atoms with van der Waals surface area (Å²) in [7, 11) is 0. The summed E-state index contributed by atoms with van der Waals surface area (Å²) in [6.07, 6.45) is 2.68. The molecule has 3 heteroatoms. The van der Waals surface area contributed by atoms with Gasteiger partial charge in [0.05, 0.1) is 5.92 Å². The van der Waals surface area contributed by atoms with Crippen LogP contribution in [0.15, 0.2) is 18.2 Å². The minimum Gasteiger partial charge on any atom is -0.481 e. The zero-order chi connectivity index (χ0) is 14.4. The van der Waals surface area contributed by atoms with Crippen molar-refractivity contribution in [3.8, 4) is 0 Å². The second-order valence-corrected chi connectivity index (χ2v) is 5.51. The Balaban J connectivity index is 2.52.